The Kier molecular flexibility index (Phi) is 6.54. The molecule has 1 heterocycles. The Balaban J connectivity index is 2.05. The molecule has 7 nitrogen and oxygen atoms in total. The number of pyridine rings is 1. The van der Waals surface area contributed by atoms with Gasteiger partial charge in [0.05, 0.1) is 25.3 Å². The van der Waals surface area contributed by atoms with Crippen LogP contribution in [-0.4, -0.2) is 37.1 Å². The van der Waals surface area contributed by atoms with E-state index in [1.54, 1.807) is 26.4 Å². The molecule has 0 aliphatic heterocycles. The summed E-state index contributed by atoms with van der Waals surface area (Å²) in [5.74, 6) is 0.637. The zero-order valence-electron chi connectivity index (χ0n) is 15.3. The second kappa shape index (κ2) is 8.84. The number of rotatable bonds is 7. The quantitative estimate of drug-likeness (QED) is 0.793. The number of methoxy groups -OCH3 is 2. The van der Waals surface area contributed by atoms with Gasteiger partial charge in [0.15, 0.2) is 11.5 Å². The van der Waals surface area contributed by atoms with E-state index < -0.39 is 0 Å². The van der Waals surface area contributed by atoms with Gasteiger partial charge in [0, 0.05) is 25.0 Å². The lowest BCUT2D eigenvalue weighted by Gasteiger charge is -2.11. The Bertz CT molecular complexity index is 790. The van der Waals surface area contributed by atoms with Crippen molar-refractivity contribution in [1.29, 1.82) is 0 Å². The van der Waals surface area contributed by atoms with Crippen LogP contribution in [0.5, 0.6) is 11.5 Å². The second-order valence-electron chi connectivity index (χ2n) is 5.96. The van der Waals surface area contributed by atoms with Crippen molar-refractivity contribution in [2.45, 2.75) is 26.4 Å². The third kappa shape index (κ3) is 4.95. The lowest BCUT2D eigenvalue weighted by Crippen LogP contribution is -2.30. The molecule has 1 aromatic heterocycles. The highest BCUT2D eigenvalue weighted by Crippen LogP contribution is 2.27. The molecular formula is C19H23N3O4. The van der Waals surface area contributed by atoms with Crippen molar-refractivity contribution in [3.8, 4) is 11.5 Å². The number of nitrogens with zero attached hydrogens (tertiary/aromatic N) is 1. The van der Waals surface area contributed by atoms with Crippen LogP contribution >= 0.6 is 0 Å². The average Bonchev–Trinajstić information content (AvgIpc) is 2.65. The van der Waals surface area contributed by atoms with Crippen molar-refractivity contribution in [2.75, 3.05) is 14.2 Å². The van der Waals surface area contributed by atoms with Crippen LogP contribution in [0.25, 0.3) is 0 Å². The molecule has 0 saturated heterocycles. The molecule has 26 heavy (non-hydrogen) atoms. The fourth-order valence-electron chi connectivity index (χ4n) is 2.31. The molecule has 7 heteroatoms. The Labute approximate surface area is 152 Å². The molecule has 138 valence electrons. The maximum absolute atomic E-state index is 12.4. The minimum absolute atomic E-state index is 0.00466. The normalized spacial score (nSPS) is 10.3. The van der Waals surface area contributed by atoms with Crippen LogP contribution in [0.1, 0.15) is 40.1 Å². The van der Waals surface area contributed by atoms with Crippen LogP contribution < -0.4 is 20.1 Å². The maximum Gasteiger partial charge on any atom is 0.253 e. The van der Waals surface area contributed by atoms with E-state index >= 15 is 0 Å². The fraction of sp³-hybridized carbons (Fsp3) is 0.316. The Morgan fingerprint density at radius 1 is 1.00 bits per heavy atom. The molecule has 0 atom stereocenters. The summed E-state index contributed by atoms with van der Waals surface area (Å²) in [5, 5.41) is 5.57. The SMILES string of the molecule is COc1ccc(CNC(=O)c2cncc(C(=O)NC(C)C)c2)cc1OC. The van der Waals surface area contributed by atoms with Crippen molar-refractivity contribution in [2.24, 2.45) is 0 Å². The first-order chi connectivity index (χ1) is 12.4. The average molecular weight is 357 g/mol. The van der Waals surface area contributed by atoms with E-state index in [9.17, 15) is 9.59 Å². The standard InChI is InChI=1S/C19H23N3O4/c1-12(2)22-19(24)15-8-14(10-20-11-15)18(23)21-9-13-5-6-16(25-3)17(7-13)26-4/h5-8,10-12H,9H2,1-4H3,(H,21,23)(H,22,24). The number of carbonyl (C=O) groups is 2. The monoisotopic (exact) mass is 357 g/mol. The summed E-state index contributed by atoms with van der Waals surface area (Å²) in [6.07, 6.45) is 2.86. The molecule has 2 aromatic rings. The largest absolute Gasteiger partial charge is 0.493 e. The molecule has 0 aliphatic carbocycles. The summed E-state index contributed by atoms with van der Waals surface area (Å²) in [6, 6.07) is 6.94. The van der Waals surface area contributed by atoms with E-state index in [1.807, 2.05) is 19.9 Å². The third-order valence-corrected chi connectivity index (χ3v) is 3.58. The minimum atomic E-state index is -0.313. The van der Waals surface area contributed by atoms with Gasteiger partial charge in [-0.1, -0.05) is 6.07 Å². The first-order valence-corrected chi connectivity index (χ1v) is 8.19. The topological polar surface area (TPSA) is 89.5 Å². The van der Waals surface area contributed by atoms with Crippen molar-refractivity contribution < 1.29 is 19.1 Å². The van der Waals surface area contributed by atoms with E-state index in [0.717, 1.165) is 5.56 Å². The number of amides is 2. The molecule has 2 rings (SSSR count). The van der Waals surface area contributed by atoms with E-state index in [4.69, 9.17) is 9.47 Å². The molecule has 0 fully saturated rings. The van der Waals surface area contributed by atoms with Gasteiger partial charge < -0.3 is 20.1 Å². The first-order valence-electron chi connectivity index (χ1n) is 8.19. The maximum atomic E-state index is 12.4. The van der Waals surface area contributed by atoms with Gasteiger partial charge in [0.25, 0.3) is 11.8 Å². The Hall–Kier alpha value is -3.09. The molecule has 0 radical (unpaired) electrons. The van der Waals surface area contributed by atoms with E-state index in [1.165, 1.54) is 18.5 Å². The number of hydrogen-bond acceptors (Lipinski definition) is 5. The molecule has 0 bridgehead atoms. The van der Waals surface area contributed by atoms with Crippen molar-refractivity contribution in [3.63, 3.8) is 0 Å². The van der Waals surface area contributed by atoms with Crippen LogP contribution in [0.4, 0.5) is 0 Å². The van der Waals surface area contributed by atoms with Gasteiger partial charge in [0.2, 0.25) is 0 Å². The zero-order valence-corrected chi connectivity index (χ0v) is 15.3. The molecule has 2 amide bonds. The predicted octanol–water partition coefficient (Wildman–Crippen LogP) is 2.17. The second-order valence-corrected chi connectivity index (χ2v) is 5.96. The van der Waals surface area contributed by atoms with Gasteiger partial charge in [-0.15, -0.1) is 0 Å². The summed E-state index contributed by atoms with van der Waals surface area (Å²) in [6.45, 7) is 4.04. The molecule has 1 aromatic carbocycles. The summed E-state index contributed by atoms with van der Waals surface area (Å²) >= 11 is 0. The Morgan fingerprint density at radius 3 is 2.27 bits per heavy atom. The molecule has 2 N–H and O–H groups in total. The highest BCUT2D eigenvalue weighted by Gasteiger charge is 2.12. The third-order valence-electron chi connectivity index (χ3n) is 3.58. The number of nitrogens with one attached hydrogen (secondary N) is 2. The number of benzene rings is 1. The summed E-state index contributed by atoms with van der Waals surface area (Å²) in [7, 11) is 3.12. The van der Waals surface area contributed by atoms with Gasteiger partial charge in [-0.25, -0.2) is 0 Å². The lowest BCUT2D eigenvalue weighted by atomic mass is 10.1. The van der Waals surface area contributed by atoms with Crippen molar-refractivity contribution in [1.82, 2.24) is 15.6 Å². The van der Waals surface area contributed by atoms with E-state index in [2.05, 4.69) is 15.6 Å². The highest BCUT2D eigenvalue weighted by atomic mass is 16.5. The first kappa shape index (κ1) is 19.2. The van der Waals surface area contributed by atoms with Gasteiger partial charge in [-0.2, -0.15) is 0 Å². The molecule has 0 spiro atoms. The van der Waals surface area contributed by atoms with Crippen LogP contribution in [0.3, 0.4) is 0 Å². The predicted molar refractivity (Wildman–Crippen MR) is 97.6 cm³/mol. The molecule has 0 saturated carbocycles. The van der Waals surface area contributed by atoms with Crippen LogP contribution in [0.2, 0.25) is 0 Å². The smallest absolute Gasteiger partial charge is 0.253 e. The molecule has 0 unspecified atom stereocenters. The van der Waals surface area contributed by atoms with Gasteiger partial charge in [-0.05, 0) is 37.6 Å². The number of carbonyl (C=O) groups excluding carboxylic acids is 2. The van der Waals surface area contributed by atoms with Gasteiger partial charge >= 0.3 is 0 Å². The molecule has 0 aliphatic rings. The van der Waals surface area contributed by atoms with Crippen LogP contribution in [0.15, 0.2) is 36.7 Å². The number of aromatic nitrogens is 1. The fourth-order valence-corrected chi connectivity index (χ4v) is 2.31. The summed E-state index contributed by atoms with van der Waals surface area (Å²) in [5.41, 5.74) is 1.53. The minimum Gasteiger partial charge on any atom is -0.493 e. The van der Waals surface area contributed by atoms with Crippen molar-refractivity contribution >= 4 is 11.8 Å². The molecular weight excluding hydrogens is 334 g/mol. The van der Waals surface area contributed by atoms with Gasteiger partial charge in [-0.3, -0.25) is 14.6 Å². The van der Waals surface area contributed by atoms with E-state index in [-0.39, 0.29) is 17.9 Å². The number of hydrogen-bond donors (Lipinski definition) is 2. The Morgan fingerprint density at radius 2 is 1.65 bits per heavy atom. The van der Waals surface area contributed by atoms with Crippen LogP contribution in [0, 0.1) is 0 Å². The highest BCUT2D eigenvalue weighted by molar-refractivity contribution is 5.99. The summed E-state index contributed by atoms with van der Waals surface area (Å²) < 4.78 is 10.4. The van der Waals surface area contributed by atoms with E-state index in [0.29, 0.717) is 29.2 Å². The summed E-state index contributed by atoms with van der Waals surface area (Å²) in [4.78, 5) is 28.4. The number of ether oxygens (including phenoxy) is 2. The van der Waals surface area contributed by atoms with Gasteiger partial charge in [0.1, 0.15) is 0 Å². The van der Waals surface area contributed by atoms with Crippen LogP contribution in [-0.2, 0) is 6.54 Å². The zero-order chi connectivity index (χ0) is 19.1. The van der Waals surface area contributed by atoms with Crippen molar-refractivity contribution in [3.05, 3.63) is 53.3 Å². The lowest BCUT2D eigenvalue weighted by molar-refractivity contribution is 0.0942.